The molecular weight excluding hydrogens is 663 g/mol. The van der Waals surface area contributed by atoms with Crippen LogP contribution in [0.25, 0.3) is 94.4 Å². The molecule has 3 heteroatoms. The Morgan fingerprint density at radius 2 is 1.08 bits per heavy atom. The Morgan fingerprint density at radius 1 is 0.528 bits per heavy atom. The predicted octanol–water partition coefficient (Wildman–Crippen LogP) is 14.6. The summed E-state index contributed by atoms with van der Waals surface area (Å²) in [5, 5.41) is 1.26. The minimum atomic E-state index is 0.600. The van der Waals surface area contributed by atoms with Gasteiger partial charge in [-0.2, -0.15) is 0 Å². The molecular formula is C50H35NOS. The second kappa shape index (κ2) is 13.9. The minimum absolute atomic E-state index is 0.600. The summed E-state index contributed by atoms with van der Waals surface area (Å²) in [6.07, 6.45) is 5.98. The number of oxazole rings is 1. The second-order valence-corrected chi connectivity index (χ2v) is 14.5. The van der Waals surface area contributed by atoms with Crippen molar-refractivity contribution in [1.29, 1.82) is 0 Å². The van der Waals surface area contributed by atoms with Gasteiger partial charge in [-0.25, -0.2) is 4.98 Å². The normalized spacial score (nSPS) is 11.5. The first-order valence-corrected chi connectivity index (χ1v) is 18.6. The van der Waals surface area contributed by atoms with Crippen LogP contribution in [-0.2, 0) is 0 Å². The lowest BCUT2D eigenvalue weighted by Crippen LogP contribution is -1.87. The number of rotatable bonds is 8. The average molecular weight is 698 g/mol. The predicted molar refractivity (Wildman–Crippen MR) is 226 cm³/mol. The molecule has 9 aromatic rings. The van der Waals surface area contributed by atoms with Crippen LogP contribution >= 0.6 is 11.3 Å². The zero-order valence-electron chi connectivity index (χ0n) is 29.3. The lowest BCUT2D eigenvalue weighted by Gasteiger charge is -2.10. The third kappa shape index (κ3) is 6.33. The van der Waals surface area contributed by atoms with E-state index in [4.69, 9.17) is 9.40 Å². The molecule has 0 spiro atoms. The van der Waals surface area contributed by atoms with Gasteiger partial charge in [0.1, 0.15) is 5.52 Å². The zero-order chi connectivity index (χ0) is 35.7. The van der Waals surface area contributed by atoms with Crippen molar-refractivity contribution in [2.24, 2.45) is 0 Å². The van der Waals surface area contributed by atoms with Crippen LogP contribution < -0.4 is 0 Å². The van der Waals surface area contributed by atoms with E-state index < -0.39 is 0 Å². The molecule has 0 aliphatic rings. The van der Waals surface area contributed by atoms with Crippen LogP contribution in [-0.4, -0.2) is 4.98 Å². The highest BCUT2D eigenvalue weighted by molar-refractivity contribution is 7.19. The van der Waals surface area contributed by atoms with Crippen LogP contribution in [0.3, 0.4) is 0 Å². The summed E-state index contributed by atoms with van der Waals surface area (Å²) in [5.74, 6) is 0.600. The van der Waals surface area contributed by atoms with Gasteiger partial charge in [-0.15, -0.1) is 11.3 Å². The van der Waals surface area contributed by atoms with E-state index in [2.05, 4.69) is 183 Å². The zero-order valence-corrected chi connectivity index (χ0v) is 30.1. The van der Waals surface area contributed by atoms with Crippen molar-refractivity contribution in [3.63, 3.8) is 0 Å². The Labute approximate surface area is 313 Å². The fourth-order valence-corrected chi connectivity index (χ4v) is 8.17. The summed E-state index contributed by atoms with van der Waals surface area (Å²) >= 11 is 1.83. The van der Waals surface area contributed by atoms with Crippen LogP contribution in [0, 0.1) is 6.92 Å². The van der Waals surface area contributed by atoms with Gasteiger partial charge in [-0.3, -0.25) is 0 Å². The maximum Gasteiger partial charge on any atom is 0.227 e. The van der Waals surface area contributed by atoms with Gasteiger partial charge >= 0.3 is 0 Å². The fourth-order valence-electron chi connectivity index (χ4n) is 7.14. The van der Waals surface area contributed by atoms with Gasteiger partial charge in [0.25, 0.3) is 0 Å². The van der Waals surface area contributed by atoms with Crippen LogP contribution in [0.15, 0.2) is 187 Å². The topological polar surface area (TPSA) is 26.0 Å². The van der Waals surface area contributed by atoms with Gasteiger partial charge < -0.3 is 4.42 Å². The Kier molecular flexibility index (Phi) is 8.47. The van der Waals surface area contributed by atoms with Crippen molar-refractivity contribution in [1.82, 2.24) is 4.98 Å². The molecule has 0 amide bonds. The van der Waals surface area contributed by atoms with Crippen LogP contribution in [0.2, 0.25) is 0 Å². The molecule has 0 aliphatic heterocycles. The van der Waals surface area contributed by atoms with E-state index in [9.17, 15) is 0 Å². The van der Waals surface area contributed by atoms with Crippen molar-refractivity contribution in [3.8, 4) is 67.1 Å². The van der Waals surface area contributed by atoms with E-state index in [1.807, 2.05) is 23.5 Å². The molecule has 252 valence electrons. The molecule has 9 rings (SSSR count). The summed E-state index contributed by atoms with van der Waals surface area (Å²) in [7, 11) is 0. The number of nitrogens with zero attached hydrogens (tertiary/aromatic N) is 1. The third-order valence-corrected chi connectivity index (χ3v) is 11.0. The van der Waals surface area contributed by atoms with Gasteiger partial charge in [0, 0.05) is 26.1 Å². The second-order valence-electron chi connectivity index (χ2n) is 13.2. The fraction of sp³-hybridized carbons (Fsp3) is 0.0200. The SMILES string of the molecule is C=C/C=C\c1c(C)sc2ccc(-c3ccc(-c4nc5c(-c6cccc(-c7ccccc7)c6)cc(-c6cccc(-c7ccccc7)c6)cc5o4)cc3)cc12. The van der Waals surface area contributed by atoms with E-state index in [0.29, 0.717) is 5.89 Å². The molecule has 0 unspecified atom stereocenters. The summed E-state index contributed by atoms with van der Waals surface area (Å²) in [4.78, 5) is 6.47. The van der Waals surface area contributed by atoms with E-state index in [-0.39, 0.29) is 0 Å². The first-order chi connectivity index (χ1) is 26.1. The lowest BCUT2D eigenvalue weighted by molar-refractivity contribution is 0.620. The van der Waals surface area contributed by atoms with Crippen molar-refractivity contribution < 1.29 is 4.42 Å². The number of allylic oxidation sites excluding steroid dienone is 2. The Balaban J connectivity index is 1.14. The molecule has 0 atom stereocenters. The molecule has 2 aromatic heterocycles. The molecule has 0 saturated heterocycles. The lowest BCUT2D eigenvalue weighted by atomic mass is 9.94. The Bertz CT molecular complexity index is 2790. The van der Waals surface area contributed by atoms with E-state index >= 15 is 0 Å². The largest absolute Gasteiger partial charge is 0.436 e. The molecule has 53 heavy (non-hydrogen) atoms. The van der Waals surface area contributed by atoms with E-state index in [1.54, 1.807) is 0 Å². The first kappa shape index (κ1) is 32.4. The maximum atomic E-state index is 6.64. The van der Waals surface area contributed by atoms with Gasteiger partial charge in [-0.05, 0) is 111 Å². The van der Waals surface area contributed by atoms with Gasteiger partial charge in [0.05, 0.1) is 0 Å². The quantitative estimate of drug-likeness (QED) is 0.148. The van der Waals surface area contributed by atoms with Crippen LogP contribution in [0.4, 0.5) is 0 Å². The number of aromatic nitrogens is 1. The Hall–Kier alpha value is -6.55. The highest BCUT2D eigenvalue weighted by Gasteiger charge is 2.17. The maximum absolute atomic E-state index is 6.64. The summed E-state index contributed by atoms with van der Waals surface area (Å²) in [5.41, 5.74) is 15.1. The highest BCUT2D eigenvalue weighted by atomic mass is 32.1. The third-order valence-electron chi connectivity index (χ3n) is 9.85. The average Bonchev–Trinajstić information content (AvgIpc) is 3.80. The molecule has 0 radical (unpaired) electrons. The summed E-state index contributed by atoms with van der Waals surface area (Å²) < 4.78 is 7.93. The van der Waals surface area contributed by atoms with Crippen LogP contribution in [0.5, 0.6) is 0 Å². The van der Waals surface area contributed by atoms with Crippen molar-refractivity contribution in [2.45, 2.75) is 6.92 Å². The molecule has 0 N–H and O–H groups in total. The van der Waals surface area contributed by atoms with Crippen molar-refractivity contribution in [2.75, 3.05) is 0 Å². The number of hydrogen-bond acceptors (Lipinski definition) is 3. The van der Waals surface area contributed by atoms with E-state index in [1.165, 1.54) is 42.8 Å². The Morgan fingerprint density at radius 3 is 1.75 bits per heavy atom. The molecule has 0 bridgehead atoms. The van der Waals surface area contributed by atoms with Gasteiger partial charge in [-0.1, -0.05) is 140 Å². The number of thiophene rings is 1. The molecule has 7 aromatic carbocycles. The minimum Gasteiger partial charge on any atom is -0.436 e. The van der Waals surface area contributed by atoms with Gasteiger partial charge in [0.2, 0.25) is 5.89 Å². The molecule has 2 nitrogen and oxygen atoms in total. The number of hydrogen-bond donors (Lipinski definition) is 0. The summed E-state index contributed by atoms with van der Waals surface area (Å²) in [6, 6.07) is 58.1. The highest BCUT2D eigenvalue weighted by Crippen LogP contribution is 2.39. The van der Waals surface area contributed by atoms with Gasteiger partial charge in [0.15, 0.2) is 5.58 Å². The number of benzene rings is 7. The molecule has 0 fully saturated rings. The van der Waals surface area contributed by atoms with E-state index in [0.717, 1.165) is 50.0 Å². The number of fused-ring (bicyclic) bond motifs is 2. The van der Waals surface area contributed by atoms with Crippen molar-refractivity contribution in [3.05, 3.63) is 193 Å². The molecule has 2 heterocycles. The molecule has 0 saturated carbocycles. The smallest absolute Gasteiger partial charge is 0.227 e. The summed E-state index contributed by atoms with van der Waals surface area (Å²) in [6.45, 7) is 6.03. The monoisotopic (exact) mass is 697 g/mol. The standard InChI is InChI=1S/C50H35NOS/c1-3-4-21-44-33(2)53-48-27-26-41(30-46(44)48)36-22-24-37(25-23-36)50-51-49-45(42-20-12-18-39(29-42)35-15-9-6-10-16-35)31-43(32-47(49)52-50)40-19-11-17-38(28-40)34-13-7-5-8-14-34/h3-32H,1H2,2H3/b21-4-. The first-order valence-electron chi connectivity index (χ1n) is 17.8. The number of aryl methyl sites for hydroxylation is 1. The van der Waals surface area contributed by atoms with Crippen molar-refractivity contribution >= 4 is 38.6 Å². The molecule has 0 aliphatic carbocycles. The van der Waals surface area contributed by atoms with Crippen LogP contribution in [0.1, 0.15) is 10.4 Å².